The first-order chi connectivity index (χ1) is 4.86. The summed E-state index contributed by atoms with van der Waals surface area (Å²) in [5.74, 6) is 2.22. The van der Waals surface area contributed by atoms with E-state index in [2.05, 4.69) is 5.92 Å². The second kappa shape index (κ2) is 4.58. The first-order valence-electron chi connectivity index (χ1n) is 2.79. The molecule has 1 rings (SSSR count). The van der Waals surface area contributed by atoms with Crippen LogP contribution in [0.5, 0.6) is 0 Å². The van der Waals surface area contributed by atoms with Crippen LogP contribution in [0, 0.1) is 23.7 Å². The molecule has 0 aliphatic heterocycles. The van der Waals surface area contributed by atoms with E-state index in [-0.39, 0.29) is 17.1 Å². The van der Waals surface area contributed by atoms with Crippen molar-refractivity contribution in [3.05, 3.63) is 41.8 Å². The first kappa shape index (κ1) is 9.79. The summed E-state index contributed by atoms with van der Waals surface area (Å²) >= 11 is 0. The van der Waals surface area contributed by atoms with Crippen molar-refractivity contribution >= 4 is 0 Å². The predicted molar refractivity (Wildman–Crippen MR) is 37.4 cm³/mol. The van der Waals surface area contributed by atoms with E-state index in [9.17, 15) is 0 Å². The van der Waals surface area contributed by atoms with Crippen LogP contribution >= 0.6 is 0 Å². The van der Waals surface area contributed by atoms with Crippen LogP contribution in [0.3, 0.4) is 0 Å². The van der Waals surface area contributed by atoms with Crippen molar-refractivity contribution in [2.45, 2.75) is 0 Å². The van der Waals surface area contributed by atoms with E-state index in [0.29, 0.717) is 11.1 Å². The molecule has 2 heteroatoms. The molecular weight excluding hydrogens is 186 g/mol. The third-order valence-corrected chi connectivity index (χ3v) is 1.16. The van der Waals surface area contributed by atoms with Gasteiger partial charge in [-0.1, -0.05) is 5.92 Å². The Morgan fingerprint density at radius 1 is 1.09 bits per heavy atom. The van der Waals surface area contributed by atoms with Gasteiger partial charge in [0.1, 0.15) is 0 Å². The van der Waals surface area contributed by atoms with Crippen LogP contribution in [-0.4, -0.2) is 0 Å². The van der Waals surface area contributed by atoms with Crippen LogP contribution in [0.4, 0.5) is 0 Å². The number of benzene rings is 1. The molecule has 0 saturated carbocycles. The molecule has 0 bridgehead atoms. The van der Waals surface area contributed by atoms with Crippen molar-refractivity contribution in [3.8, 4) is 12.0 Å². The molecule has 0 heterocycles. The number of rotatable bonds is 0. The molecule has 56 valence electrons. The number of hydrogen-bond acceptors (Lipinski definition) is 1. The Balaban J connectivity index is 0.000001000. The van der Waals surface area contributed by atoms with E-state index in [0.717, 1.165) is 0 Å². The van der Waals surface area contributed by atoms with Crippen molar-refractivity contribution in [1.82, 2.24) is 0 Å². The zero-order valence-electron chi connectivity index (χ0n) is 5.56. The average Bonchev–Trinajstić information content (AvgIpc) is 2.05. The molecule has 0 aromatic heterocycles. The summed E-state index contributed by atoms with van der Waals surface area (Å²) in [6, 6.07) is 8.69. The van der Waals surface area contributed by atoms with Gasteiger partial charge in [-0.2, -0.15) is 5.26 Å². The Morgan fingerprint density at radius 3 is 1.91 bits per heavy atom. The third-order valence-electron chi connectivity index (χ3n) is 1.16. The Hall–Kier alpha value is -1.21. The van der Waals surface area contributed by atoms with E-state index in [1.54, 1.807) is 24.3 Å². The Labute approximate surface area is 76.5 Å². The van der Waals surface area contributed by atoms with Crippen LogP contribution < -0.4 is 0 Å². The second-order valence-electron chi connectivity index (χ2n) is 1.81. The molecule has 1 nitrogen and oxygen atoms in total. The van der Waals surface area contributed by atoms with Gasteiger partial charge >= 0.3 is 0 Å². The summed E-state index contributed by atoms with van der Waals surface area (Å²) in [4.78, 5) is 0. The van der Waals surface area contributed by atoms with Gasteiger partial charge in [-0.15, -0.1) is 0 Å². The van der Waals surface area contributed by atoms with Gasteiger partial charge in [0.05, 0.1) is 11.6 Å². The maximum Gasteiger partial charge on any atom is 0.0991 e. The molecule has 2 radical (unpaired) electrons. The van der Waals surface area contributed by atoms with Gasteiger partial charge in [0.25, 0.3) is 0 Å². The SMILES string of the molecule is [C]#Cc1ccc(C#N)cc1.[Cu]. The fraction of sp³-hybridized carbons (Fsp3) is 0. The van der Waals surface area contributed by atoms with Crippen LogP contribution in [0.15, 0.2) is 24.3 Å². The van der Waals surface area contributed by atoms with E-state index < -0.39 is 0 Å². The Morgan fingerprint density at radius 2 is 1.55 bits per heavy atom. The molecule has 0 aliphatic rings. The summed E-state index contributed by atoms with van der Waals surface area (Å²) in [5.41, 5.74) is 1.30. The molecule has 0 unspecified atom stereocenters. The average molecular weight is 190 g/mol. The van der Waals surface area contributed by atoms with Crippen LogP contribution in [0.1, 0.15) is 11.1 Å². The Kier molecular flexibility index (Phi) is 4.08. The van der Waals surface area contributed by atoms with Gasteiger partial charge < -0.3 is 0 Å². The van der Waals surface area contributed by atoms with E-state index in [4.69, 9.17) is 11.7 Å². The molecule has 0 saturated heterocycles. The molecule has 0 amide bonds. The van der Waals surface area contributed by atoms with Crippen molar-refractivity contribution in [2.75, 3.05) is 0 Å². The number of nitrogens with zero attached hydrogens (tertiary/aromatic N) is 1. The molecule has 0 N–H and O–H groups in total. The predicted octanol–water partition coefficient (Wildman–Crippen LogP) is 1.49. The zero-order valence-corrected chi connectivity index (χ0v) is 6.50. The normalized spacial score (nSPS) is 7.09. The minimum Gasteiger partial charge on any atom is -0.192 e. The number of nitriles is 1. The molecule has 0 atom stereocenters. The molecule has 11 heavy (non-hydrogen) atoms. The van der Waals surface area contributed by atoms with Crippen molar-refractivity contribution in [3.63, 3.8) is 0 Å². The summed E-state index contributed by atoms with van der Waals surface area (Å²) in [6.45, 7) is 0. The quantitative estimate of drug-likeness (QED) is 0.448. The summed E-state index contributed by atoms with van der Waals surface area (Å²) in [6.07, 6.45) is 6.74. The van der Waals surface area contributed by atoms with Crippen LogP contribution in [0.25, 0.3) is 0 Å². The zero-order chi connectivity index (χ0) is 7.40. The smallest absolute Gasteiger partial charge is 0.0991 e. The van der Waals surface area contributed by atoms with E-state index in [1.165, 1.54) is 0 Å². The van der Waals surface area contributed by atoms with Crippen LogP contribution in [-0.2, 0) is 17.1 Å². The summed E-state index contributed by atoms with van der Waals surface area (Å²) in [5, 5.41) is 8.38. The van der Waals surface area contributed by atoms with E-state index >= 15 is 0 Å². The third kappa shape index (κ3) is 2.48. The second-order valence-corrected chi connectivity index (χ2v) is 1.81. The minimum atomic E-state index is 0. The van der Waals surface area contributed by atoms with E-state index in [1.807, 2.05) is 6.07 Å². The number of hydrogen-bond donors (Lipinski definition) is 0. The summed E-state index contributed by atoms with van der Waals surface area (Å²) in [7, 11) is 0. The Bertz CT molecular complexity index is 267. The molecular formula is C9H4CuN. The maximum atomic E-state index is 8.38. The fourth-order valence-corrected chi connectivity index (χ4v) is 0.628. The maximum absolute atomic E-state index is 8.38. The molecule has 0 fully saturated rings. The van der Waals surface area contributed by atoms with Gasteiger partial charge in [-0.05, 0) is 30.7 Å². The van der Waals surface area contributed by atoms with Gasteiger partial charge in [0.15, 0.2) is 0 Å². The van der Waals surface area contributed by atoms with Crippen molar-refractivity contribution in [2.24, 2.45) is 0 Å². The van der Waals surface area contributed by atoms with Crippen molar-refractivity contribution in [1.29, 1.82) is 5.26 Å². The largest absolute Gasteiger partial charge is 0.192 e. The van der Waals surface area contributed by atoms with Gasteiger partial charge in [-0.3, -0.25) is 0 Å². The van der Waals surface area contributed by atoms with Crippen LogP contribution in [0.2, 0.25) is 0 Å². The molecule has 0 aliphatic carbocycles. The van der Waals surface area contributed by atoms with Gasteiger partial charge in [0, 0.05) is 22.6 Å². The topological polar surface area (TPSA) is 23.8 Å². The first-order valence-corrected chi connectivity index (χ1v) is 2.79. The minimum absolute atomic E-state index is 0. The molecule has 1 aromatic rings. The van der Waals surface area contributed by atoms with Gasteiger partial charge in [-0.25, -0.2) is 0 Å². The monoisotopic (exact) mass is 189 g/mol. The fourth-order valence-electron chi connectivity index (χ4n) is 0.628. The standard InChI is InChI=1S/C9H4N.Cu/c1-2-8-3-5-9(7-10)6-4-8;/h3-6H;. The molecule has 0 spiro atoms. The van der Waals surface area contributed by atoms with Crippen molar-refractivity contribution < 1.29 is 17.1 Å². The van der Waals surface area contributed by atoms with Gasteiger partial charge in [0.2, 0.25) is 0 Å². The molecule has 1 aromatic carbocycles. The summed E-state index contributed by atoms with van der Waals surface area (Å²) < 4.78 is 0.